The van der Waals surface area contributed by atoms with Gasteiger partial charge in [0.05, 0.1) is 36.4 Å². The Bertz CT molecular complexity index is 992. The van der Waals surface area contributed by atoms with Crippen molar-refractivity contribution in [3.63, 3.8) is 0 Å². The highest BCUT2D eigenvalue weighted by atomic mass is 16.6. The highest BCUT2D eigenvalue weighted by Gasteiger charge is 2.25. The minimum absolute atomic E-state index is 0.177. The lowest BCUT2D eigenvalue weighted by Gasteiger charge is -2.23. The summed E-state index contributed by atoms with van der Waals surface area (Å²) in [7, 11) is 2.65. The van der Waals surface area contributed by atoms with Crippen LogP contribution < -0.4 is 16.2 Å². The molecule has 156 valence electrons. The molecule has 10 heteroatoms. The number of benzene rings is 1. The average molecular weight is 404 g/mol. The normalized spacial score (nSPS) is 12.2. The van der Waals surface area contributed by atoms with Crippen LogP contribution >= 0.6 is 0 Å². The molecule has 1 aromatic heterocycles. The fourth-order valence-electron chi connectivity index (χ4n) is 2.55. The van der Waals surface area contributed by atoms with Gasteiger partial charge in [-0.15, -0.1) is 0 Å². The van der Waals surface area contributed by atoms with Crippen LogP contribution in [0.5, 0.6) is 0 Å². The predicted molar refractivity (Wildman–Crippen MR) is 105 cm³/mol. The molecule has 1 atom stereocenters. The first kappa shape index (κ1) is 21.9. The standard InChI is InChI=1S/C19H24N4O6/c1-19(2,3)29-18(27)22-14(15(24)20-4)9-23-10-21-13-7-6-11(17(26)28-5)8-12(13)16(23)25/h6-8,10,14H,9H2,1-5H3,(H,20,24)(H,22,27). The lowest BCUT2D eigenvalue weighted by Crippen LogP contribution is -2.50. The number of methoxy groups -OCH3 is 1. The van der Waals surface area contributed by atoms with Crippen molar-refractivity contribution in [1.29, 1.82) is 0 Å². The van der Waals surface area contributed by atoms with Gasteiger partial charge >= 0.3 is 12.1 Å². The smallest absolute Gasteiger partial charge is 0.408 e. The third kappa shape index (κ3) is 5.53. The maximum absolute atomic E-state index is 12.8. The molecule has 29 heavy (non-hydrogen) atoms. The van der Waals surface area contributed by atoms with Crippen LogP contribution in [0.1, 0.15) is 31.1 Å². The first-order valence-corrected chi connectivity index (χ1v) is 8.84. The molecule has 1 unspecified atom stereocenters. The Morgan fingerprint density at radius 3 is 2.52 bits per heavy atom. The number of likely N-dealkylation sites (N-methyl/N-ethyl adjacent to an activating group) is 1. The zero-order valence-corrected chi connectivity index (χ0v) is 16.9. The van der Waals surface area contributed by atoms with Gasteiger partial charge in [-0.2, -0.15) is 0 Å². The van der Waals surface area contributed by atoms with Gasteiger partial charge < -0.3 is 20.1 Å². The number of nitrogens with one attached hydrogen (secondary N) is 2. The van der Waals surface area contributed by atoms with Gasteiger partial charge in [0.15, 0.2) is 0 Å². The number of aromatic nitrogens is 2. The molecule has 0 saturated carbocycles. The van der Waals surface area contributed by atoms with Crippen molar-refractivity contribution in [2.75, 3.05) is 14.2 Å². The molecule has 0 bridgehead atoms. The van der Waals surface area contributed by atoms with Crippen molar-refractivity contribution in [2.24, 2.45) is 0 Å². The SMILES string of the molecule is CNC(=O)C(Cn1cnc2ccc(C(=O)OC)cc2c1=O)NC(=O)OC(C)(C)C. The topological polar surface area (TPSA) is 129 Å². The highest BCUT2D eigenvalue weighted by molar-refractivity contribution is 5.94. The first-order valence-electron chi connectivity index (χ1n) is 8.84. The van der Waals surface area contributed by atoms with Crippen molar-refractivity contribution >= 4 is 28.9 Å². The second kappa shape index (κ2) is 8.72. The number of carbonyl (C=O) groups is 3. The van der Waals surface area contributed by atoms with E-state index in [-0.39, 0.29) is 17.5 Å². The Morgan fingerprint density at radius 1 is 1.24 bits per heavy atom. The number of fused-ring (bicyclic) bond motifs is 1. The lowest BCUT2D eigenvalue weighted by atomic mass is 10.1. The second-order valence-corrected chi connectivity index (χ2v) is 7.24. The zero-order valence-electron chi connectivity index (χ0n) is 16.9. The minimum Gasteiger partial charge on any atom is -0.465 e. The summed E-state index contributed by atoms with van der Waals surface area (Å²) in [6, 6.07) is 3.34. The summed E-state index contributed by atoms with van der Waals surface area (Å²) < 4.78 is 11.0. The van der Waals surface area contributed by atoms with E-state index in [0.29, 0.717) is 5.52 Å². The molecule has 2 aromatic rings. The summed E-state index contributed by atoms with van der Waals surface area (Å²) in [6.45, 7) is 4.90. The summed E-state index contributed by atoms with van der Waals surface area (Å²) >= 11 is 0. The Morgan fingerprint density at radius 2 is 1.93 bits per heavy atom. The van der Waals surface area contributed by atoms with Crippen LogP contribution in [0.25, 0.3) is 10.9 Å². The summed E-state index contributed by atoms with van der Waals surface area (Å²) in [6.07, 6.45) is 0.482. The number of hydrogen-bond acceptors (Lipinski definition) is 7. The van der Waals surface area contributed by atoms with Gasteiger partial charge in [0, 0.05) is 7.05 Å². The Labute approximate surface area is 167 Å². The zero-order chi connectivity index (χ0) is 21.8. The van der Waals surface area contributed by atoms with Gasteiger partial charge in [-0.3, -0.25) is 14.2 Å². The van der Waals surface area contributed by atoms with Gasteiger partial charge in [-0.25, -0.2) is 14.6 Å². The molecule has 0 aliphatic carbocycles. The number of alkyl carbamates (subject to hydrolysis) is 1. The Kier molecular flexibility index (Phi) is 6.57. The molecular weight excluding hydrogens is 380 g/mol. The third-order valence-corrected chi connectivity index (χ3v) is 3.88. The number of esters is 1. The fourth-order valence-corrected chi connectivity index (χ4v) is 2.55. The molecule has 1 heterocycles. The number of amides is 2. The summed E-state index contributed by atoms with van der Waals surface area (Å²) in [5.41, 5.74) is -0.634. The van der Waals surface area contributed by atoms with E-state index < -0.39 is 35.2 Å². The molecule has 10 nitrogen and oxygen atoms in total. The van der Waals surface area contributed by atoms with Crippen molar-refractivity contribution in [1.82, 2.24) is 20.2 Å². The number of hydrogen-bond donors (Lipinski definition) is 2. The molecular formula is C19H24N4O6. The van der Waals surface area contributed by atoms with Crippen LogP contribution in [-0.4, -0.2) is 53.3 Å². The van der Waals surface area contributed by atoms with Gasteiger partial charge in [-0.05, 0) is 39.0 Å². The minimum atomic E-state index is -1.07. The van der Waals surface area contributed by atoms with Crippen LogP contribution in [0.15, 0.2) is 29.3 Å². The Balaban J connectivity index is 2.36. The molecule has 2 rings (SSSR count). The molecule has 0 saturated heterocycles. The molecule has 0 aliphatic rings. The molecule has 0 spiro atoms. The monoisotopic (exact) mass is 404 g/mol. The molecule has 2 amide bonds. The molecule has 2 N–H and O–H groups in total. The third-order valence-electron chi connectivity index (χ3n) is 3.88. The van der Waals surface area contributed by atoms with Crippen molar-refractivity contribution in [2.45, 2.75) is 39.0 Å². The maximum Gasteiger partial charge on any atom is 0.408 e. The summed E-state index contributed by atoms with van der Waals surface area (Å²) in [5, 5.41) is 5.07. The van der Waals surface area contributed by atoms with Crippen LogP contribution in [-0.2, 0) is 20.8 Å². The van der Waals surface area contributed by atoms with Gasteiger partial charge in [-0.1, -0.05) is 0 Å². The number of ether oxygens (including phenoxy) is 2. The van der Waals surface area contributed by atoms with E-state index in [1.807, 2.05) is 0 Å². The summed E-state index contributed by atoms with van der Waals surface area (Å²) in [4.78, 5) is 53.0. The lowest BCUT2D eigenvalue weighted by molar-refractivity contribution is -0.123. The maximum atomic E-state index is 12.8. The van der Waals surface area contributed by atoms with Gasteiger partial charge in [0.2, 0.25) is 5.91 Å². The van der Waals surface area contributed by atoms with Crippen molar-refractivity contribution in [3.8, 4) is 0 Å². The van der Waals surface area contributed by atoms with Crippen LogP contribution in [0, 0.1) is 0 Å². The van der Waals surface area contributed by atoms with E-state index in [9.17, 15) is 19.2 Å². The van der Waals surface area contributed by atoms with E-state index >= 15 is 0 Å². The fraction of sp³-hybridized carbons (Fsp3) is 0.421. The van der Waals surface area contributed by atoms with Crippen LogP contribution in [0.2, 0.25) is 0 Å². The van der Waals surface area contributed by atoms with E-state index in [4.69, 9.17) is 4.74 Å². The van der Waals surface area contributed by atoms with Crippen molar-refractivity contribution in [3.05, 3.63) is 40.4 Å². The molecule has 0 radical (unpaired) electrons. The number of carbonyl (C=O) groups excluding carboxylic acids is 3. The van der Waals surface area contributed by atoms with E-state index in [1.54, 1.807) is 20.8 Å². The second-order valence-electron chi connectivity index (χ2n) is 7.24. The number of nitrogens with zero attached hydrogens (tertiary/aromatic N) is 2. The quantitative estimate of drug-likeness (QED) is 0.706. The first-order chi connectivity index (χ1) is 13.6. The van der Waals surface area contributed by atoms with Crippen molar-refractivity contribution < 1.29 is 23.9 Å². The van der Waals surface area contributed by atoms with Gasteiger partial charge in [0.25, 0.3) is 5.56 Å². The largest absolute Gasteiger partial charge is 0.465 e. The van der Waals surface area contributed by atoms with Gasteiger partial charge in [0.1, 0.15) is 11.6 Å². The van der Waals surface area contributed by atoms with Crippen LogP contribution in [0.3, 0.4) is 0 Å². The van der Waals surface area contributed by atoms with Crippen LogP contribution in [0.4, 0.5) is 4.79 Å². The predicted octanol–water partition coefficient (Wildman–Crippen LogP) is 0.822. The van der Waals surface area contributed by atoms with E-state index in [1.165, 1.54) is 43.3 Å². The molecule has 0 fully saturated rings. The average Bonchev–Trinajstić information content (AvgIpc) is 2.66. The molecule has 0 aliphatic heterocycles. The highest BCUT2D eigenvalue weighted by Crippen LogP contribution is 2.11. The van der Waals surface area contributed by atoms with E-state index in [0.717, 1.165) is 0 Å². The number of rotatable bonds is 5. The Hall–Kier alpha value is -3.43. The molecule has 1 aromatic carbocycles. The summed E-state index contributed by atoms with van der Waals surface area (Å²) in [5.74, 6) is -1.09. The van der Waals surface area contributed by atoms with E-state index in [2.05, 4.69) is 20.4 Å².